The lowest BCUT2D eigenvalue weighted by Crippen LogP contribution is -2.09. The first kappa shape index (κ1) is 16.6. The highest BCUT2D eigenvalue weighted by molar-refractivity contribution is 9.10. The van der Waals surface area contributed by atoms with E-state index in [-0.39, 0.29) is 29.6 Å². The van der Waals surface area contributed by atoms with Crippen LogP contribution in [-0.4, -0.2) is 41.0 Å². The molecule has 1 aromatic carbocycles. The van der Waals surface area contributed by atoms with Crippen molar-refractivity contribution in [1.82, 2.24) is 0 Å². The van der Waals surface area contributed by atoms with E-state index in [4.69, 9.17) is 23.7 Å². The number of hydrogen-bond donors (Lipinski definition) is 0. The number of rotatable bonds is 7. The fourth-order valence-corrected chi connectivity index (χ4v) is 2.42. The van der Waals surface area contributed by atoms with Crippen molar-refractivity contribution in [3.05, 3.63) is 10.0 Å². The van der Waals surface area contributed by atoms with Crippen molar-refractivity contribution >= 4 is 21.7 Å². The number of hydrogen-bond acceptors (Lipinski definition) is 6. The highest BCUT2D eigenvalue weighted by Gasteiger charge is 2.28. The van der Waals surface area contributed by atoms with Gasteiger partial charge in [-0.25, -0.2) is 0 Å². The third-order valence-corrected chi connectivity index (χ3v) is 3.27. The first-order valence-corrected chi connectivity index (χ1v) is 6.46. The number of benzene rings is 1. The Hall–Kier alpha value is -1.47. The van der Waals surface area contributed by atoms with E-state index in [0.29, 0.717) is 16.0 Å². The molecule has 0 aromatic heterocycles. The molecule has 20 heavy (non-hydrogen) atoms. The van der Waals surface area contributed by atoms with Crippen LogP contribution < -0.4 is 18.9 Å². The predicted octanol–water partition coefficient (Wildman–Crippen LogP) is 2.66. The summed E-state index contributed by atoms with van der Waals surface area (Å²) >= 11 is 3.35. The number of Topliss-reactive ketones (excluding diaryl/α,β-unsaturated/α-hetero) is 1. The molecule has 0 aliphatic heterocycles. The number of ether oxygens (including phenoxy) is 5. The molecule has 7 heteroatoms. The normalized spacial score (nSPS) is 10.1. The summed E-state index contributed by atoms with van der Waals surface area (Å²) in [5.74, 6) is 1.01. The summed E-state index contributed by atoms with van der Waals surface area (Å²) in [5, 5.41) is 0. The Morgan fingerprint density at radius 1 is 0.950 bits per heavy atom. The topological polar surface area (TPSA) is 63.2 Å². The Morgan fingerprint density at radius 2 is 1.50 bits per heavy atom. The average molecular weight is 349 g/mol. The van der Waals surface area contributed by atoms with Crippen LogP contribution in [0.5, 0.6) is 23.0 Å². The number of carbonyl (C=O) groups is 1. The zero-order valence-corrected chi connectivity index (χ0v) is 13.6. The molecule has 0 aliphatic rings. The van der Waals surface area contributed by atoms with Gasteiger partial charge in [0.1, 0.15) is 10.0 Å². The number of ketones is 1. The van der Waals surface area contributed by atoms with Crippen molar-refractivity contribution in [3.8, 4) is 23.0 Å². The Balaban J connectivity index is 3.66. The first-order valence-electron chi connectivity index (χ1n) is 5.67. The molecule has 0 atom stereocenters. The van der Waals surface area contributed by atoms with Crippen LogP contribution in [0.2, 0.25) is 0 Å². The number of methoxy groups -OCH3 is 4. The second-order valence-electron chi connectivity index (χ2n) is 3.72. The van der Waals surface area contributed by atoms with Crippen molar-refractivity contribution < 1.29 is 28.5 Å². The Morgan fingerprint density at radius 3 is 1.90 bits per heavy atom. The van der Waals surface area contributed by atoms with Gasteiger partial charge in [0.15, 0.2) is 29.8 Å². The molecular formula is C13H17BrO6. The van der Waals surface area contributed by atoms with Gasteiger partial charge >= 0.3 is 0 Å². The molecule has 0 unspecified atom stereocenters. The van der Waals surface area contributed by atoms with Crippen molar-refractivity contribution in [2.75, 3.05) is 35.2 Å². The second-order valence-corrected chi connectivity index (χ2v) is 4.52. The molecular weight excluding hydrogens is 332 g/mol. The van der Waals surface area contributed by atoms with Gasteiger partial charge in [-0.05, 0) is 22.9 Å². The standard InChI is InChI=1S/C13H17BrO6/c1-7(15)8-10(20-6-16-2)9(14)12(18-4)13(19-5)11(8)17-3/h6H2,1-5H3. The van der Waals surface area contributed by atoms with Crippen LogP contribution in [0.1, 0.15) is 17.3 Å². The van der Waals surface area contributed by atoms with E-state index in [1.54, 1.807) is 0 Å². The maximum atomic E-state index is 11.9. The fraction of sp³-hybridized carbons (Fsp3) is 0.462. The smallest absolute Gasteiger partial charge is 0.205 e. The van der Waals surface area contributed by atoms with E-state index >= 15 is 0 Å². The maximum absolute atomic E-state index is 11.9. The van der Waals surface area contributed by atoms with Gasteiger partial charge in [-0.2, -0.15) is 0 Å². The van der Waals surface area contributed by atoms with E-state index in [0.717, 1.165) is 0 Å². The van der Waals surface area contributed by atoms with Gasteiger partial charge in [-0.3, -0.25) is 4.79 Å². The highest BCUT2D eigenvalue weighted by Crippen LogP contribution is 2.51. The van der Waals surface area contributed by atoms with E-state index in [1.807, 2.05) is 0 Å². The van der Waals surface area contributed by atoms with Gasteiger partial charge in [0.2, 0.25) is 5.75 Å². The molecule has 0 radical (unpaired) electrons. The molecule has 0 heterocycles. The zero-order chi connectivity index (χ0) is 15.3. The van der Waals surface area contributed by atoms with Gasteiger partial charge in [-0.1, -0.05) is 0 Å². The molecule has 1 aromatic rings. The molecule has 112 valence electrons. The fourth-order valence-electron chi connectivity index (χ4n) is 1.77. The van der Waals surface area contributed by atoms with Crippen LogP contribution in [0.4, 0.5) is 0 Å². The third-order valence-electron chi connectivity index (χ3n) is 2.55. The summed E-state index contributed by atoms with van der Waals surface area (Å²) < 4.78 is 26.6. The van der Waals surface area contributed by atoms with Gasteiger partial charge in [0, 0.05) is 7.11 Å². The lowest BCUT2D eigenvalue weighted by Gasteiger charge is -2.20. The summed E-state index contributed by atoms with van der Waals surface area (Å²) in [6.45, 7) is 1.40. The predicted molar refractivity (Wildman–Crippen MR) is 76.3 cm³/mol. The van der Waals surface area contributed by atoms with Crippen LogP contribution >= 0.6 is 15.9 Å². The average Bonchev–Trinajstić information content (AvgIpc) is 2.44. The summed E-state index contributed by atoms with van der Waals surface area (Å²) in [6.07, 6.45) is 0. The number of carbonyl (C=O) groups excluding carboxylic acids is 1. The summed E-state index contributed by atoms with van der Waals surface area (Å²) in [5.41, 5.74) is 0.258. The maximum Gasteiger partial charge on any atom is 0.205 e. The zero-order valence-electron chi connectivity index (χ0n) is 12.0. The van der Waals surface area contributed by atoms with Crippen LogP contribution in [0.15, 0.2) is 4.47 Å². The van der Waals surface area contributed by atoms with Crippen LogP contribution in [0.25, 0.3) is 0 Å². The van der Waals surface area contributed by atoms with Crippen molar-refractivity contribution in [2.24, 2.45) is 0 Å². The molecule has 0 N–H and O–H groups in total. The molecule has 0 bridgehead atoms. The first-order chi connectivity index (χ1) is 9.53. The monoisotopic (exact) mass is 348 g/mol. The van der Waals surface area contributed by atoms with Crippen LogP contribution in [0, 0.1) is 0 Å². The van der Waals surface area contributed by atoms with Gasteiger partial charge in [-0.15, -0.1) is 0 Å². The molecule has 0 aliphatic carbocycles. The quantitative estimate of drug-likeness (QED) is 0.557. The summed E-state index contributed by atoms with van der Waals surface area (Å²) in [4.78, 5) is 11.9. The summed E-state index contributed by atoms with van der Waals surface area (Å²) in [6, 6.07) is 0. The van der Waals surface area contributed by atoms with Crippen molar-refractivity contribution in [1.29, 1.82) is 0 Å². The van der Waals surface area contributed by atoms with Crippen molar-refractivity contribution in [3.63, 3.8) is 0 Å². The molecule has 6 nitrogen and oxygen atoms in total. The molecule has 0 saturated heterocycles. The largest absolute Gasteiger partial charge is 0.492 e. The van der Waals surface area contributed by atoms with Gasteiger partial charge in [0.05, 0.1) is 21.3 Å². The van der Waals surface area contributed by atoms with Crippen LogP contribution in [0.3, 0.4) is 0 Å². The number of halogens is 1. The third kappa shape index (κ3) is 2.99. The highest BCUT2D eigenvalue weighted by atomic mass is 79.9. The molecule has 0 amide bonds. The Labute approximate surface area is 126 Å². The summed E-state index contributed by atoms with van der Waals surface area (Å²) in [7, 11) is 5.87. The van der Waals surface area contributed by atoms with Gasteiger partial charge in [0.25, 0.3) is 0 Å². The molecule has 0 saturated carbocycles. The molecule has 0 fully saturated rings. The molecule has 0 spiro atoms. The Bertz CT molecular complexity index is 500. The SMILES string of the molecule is COCOc1c(Br)c(OC)c(OC)c(OC)c1C(C)=O. The second kappa shape index (κ2) is 7.35. The lowest BCUT2D eigenvalue weighted by atomic mass is 10.1. The van der Waals surface area contributed by atoms with Crippen molar-refractivity contribution in [2.45, 2.75) is 6.92 Å². The van der Waals surface area contributed by atoms with E-state index in [9.17, 15) is 4.79 Å². The van der Waals surface area contributed by atoms with Crippen LogP contribution in [-0.2, 0) is 4.74 Å². The van der Waals surface area contributed by atoms with E-state index < -0.39 is 0 Å². The van der Waals surface area contributed by atoms with E-state index in [1.165, 1.54) is 35.4 Å². The van der Waals surface area contributed by atoms with Gasteiger partial charge < -0.3 is 23.7 Å². The van der Waals surface area contributed by atoms with E-state index in [2.05, 4.69) is 15.9 Å². The molecule has 1 rings (SSSR count). The minimum atomic E-state index is -0.227. The lowest BCUT2D eigenvalue weighted by molar-refractivity contribution is 0.0492. The minimum absolute atomic E-state index is 0.0164. The Kier molecular flexibility index (Phi) is 6.09. The minimum Gasteiger partial charge on any atom is -0.492 e.